The first-order valence-electron chi connectivity index (χ1n) is 15.2. The summed E-state index contributed by atoms with van der Waals surface area (Å²) in [6.45, 7) is 5.54. The number of amides is 2. The van der Waals surface area contributed by atoms with Gasteiger partial charge in [0, 0.05) is 54.8 Å². The van der Waals surface area contributed by atoms with E-state index < -0.39 is 0 Å². The van der Waals surface area contributed by atoms with E-state index in [1.54, 1.807) is 41.6 Å². The van der Waals surface area contributed by atoms with Crippen LogP contribution in [0.1, 0.15) is 35.3 Å². The van der Waals surface area contributed by atoms with Gasteiger partial charge in [-0.3, -0.25) is 19.5 Å². The molecule has 4 aromatic rings. The van der Waals surface area contributed by atoms with Crippen LogP contribution in [0.25, 0.3) is 0 Å². The lowest BCUT2D eigenvalue weighted by atomic mass is 10.0. The van der Waals surface area contributed by atoms with Gasteiger partial charge in [-0.25, -0.2) is 0 Å². The van der Waals surface area contributed by atoms with Crippen molar-refractivity contribution in [2.45, 2.75) is 39.0 Å². The molecule has 0 fully saturated rings. The van der Waals surface area contributed by atoms with Gasteiger partial charge >= 0.3 is 0 Å². The number of para-hydroxylation sites is 1. The van der Waals surface area contributed by atoms with Gasteiger partial charge < -0.3 is 24.8 Å². The zero-order valence-corrected chi connectivity index (χ0v) is 25.9. The molecule has 9 heteroatoms. The maximum absolute atomic E-state index is 13.5. The van der Waals surface area contributed by atoms with Gasteiger partial charge in [-0.05, 0) is 74.1 Å². The van der Waals surface area contributed by atoms with Crippen LogP contribution in [-0.2, 0) is 17.8 Å². The molecule has 0 radical (unpaired) electrons. The number of ether oxygens (including phenoxy) is 2. The minimum Gasteiger partial charge on any atom is -0.488 e. The number of aliphatic hydroxyl groups excluding tert-OH is 1. The predicted octanol–water partition coefficient (Wildman–Crippen LogP) is 5.41. The third kappa shape index (κ3) is 8.47. The Morgan fingerprint density at radius 3 is 2.49 bits per heavy atom. The molecule has 0 aliphatic carbocycles. The third-order valence-electron chi connectivity index (χ3n) is 7.96. The highest BCUT2D eigenvalue weighted by atomic mass is 16.5. The molecule has 1 aliphatic heterocycles. The molecule has 2 N–H and O–H groups in total. The first kappa shape index (κ1) is 31.7. The Morgan fingerprint density at radius 1 is 1.07 bits per heavy atom. The van der Waals surface area contributed by atoms with E-state index in [2.05, 4.69) is 41.3 Å². The maximum atomic E-state index is 13.5. The molecule has 1 aromatic heterocycles. The standard InChI is InChI=1S/C36H40N4O5/c1-25-21-40(26(2)24-41)35(42)20-29-19-30(38-36(43)28-15-17-37-18-16-28)11-14-33(29)45-34(25)23-39(3)22-27-9-12-32(13-10-27)44-31-7-5-4-6-8-31/h4-19,25-26,34,41H,20-24H2,1-3H3,(H,38,43)/t25-,26-,34-/m1/s1. The Labute approximate surface area is 264 Å². The average molecular weight is 609 g/mol. The number of carbonyl (C=O) groups is 2. The Kier molecular flexibility index (Phi) is 10.4. The van der Waals surface area contributed by atoms with Crippen LogP contribution in [0.5, 0.6) is 17.2 Å². The number of pyridine rings is 1. The summed E-state index contributed by atoms with van der Waals surface area (Å²) in [5, 5.41) is 12.9. The van der Waals surface area contributed by atoms with Crippen molar-refractivity contribution in [2.75, 3.05) is 32.1 Å². The average Bonchev–Trinajstić information content (AvgIpc) is 3.09. The molecule has 9 nitrogen and oxygen atoms in total. The second-order valence-corrected chi connectivity index (χ2v) is 11.7. The number of hydrogen-bond acceptors (Lipinski definition) is 7. The van der Waals surface area contributed by atoms with Gasteiger partial charge in [-0.15, -0.1) is 0 Å². The fourth-order valence-corrected chi connectivity index (χ4v) is 5.40. The molecule has 5 rings (SSSR count). The third-order valence-corrected chi connectivity index (χ3v) is 7.96. The van der Waals surface area contributed by atoms with E-state index in [-0.39, 0.29) is 42.9 Å². The van der Waals surface area contributed by atoms with E-state index in [1.807, 2.05) is 55.5 Å². The molecule has 0 bridgehead atoms. The fourth-order valence-electron chi connectivity index (χ4n) is 5.40. The number of nitrogens with one attached hydrogen (secondary N) is 1. The summed E-state index contributed by atoms with van der Waals surface area (Å²) in [7, 11) is 2.05. The van der Waals surface area contributed by atoms with Crippen LogP contribution in [0.4, 0.5) is 5.69 Å². The molecule has 45 heavy (non-hydrogen) atoms. The van der Waals surface area contributed by atoms with Crippen molar-refractivity contribution < 1.29 is 24.2 Å². The van der Waals surface area contributed by atoms with Crippen LogP contribution >= 0.6 is 0 Å². The summed E-state index contributed by atoms with van der Waals surface area (Å²) in [5.74, 6) is 1.78. The van der Waals surface area contributed by atoms with Crippen LogP contribution in [-0.4, -0.2) is 70.6 Å². The second-order valence-electron chi connectivity index (χ2n) is 11.7. The van der Waals surface area contributed by atoms with Crippen molar-refractivity contribution in [3.63, 3.8) is 0 Å². The fraction of sp³-hybridized carbons (Fsp3) is 0.306. The van der Waals surface area contributed by atoms with E-state index >= 15 is 0 Å². The molecule has 2 amide bonds. The number of aromatic nitrogens is 1. The largest absolute Gasteiger partial charge is 0.488 e. The molecule has 0 unspecified atom stereocenters. The lowest BCUT2D eigenvalue weighted by molar-refractivity contribution is -0.134. The normalized spacial score (nSPS) is 17.4. The zero-order chi connectivity index (χ0) is 31.8. The Hall–Kier alpha value is -4.73. The number of benzene rings is 3. The van der Waals surface area contributed by atoms with Gasteiger partial charge in [0.25, 0.3) is 5.91 Å². The first-order valence-corrected chi connectivity index (χ1v) is 15.2. The molecule has 0 spiro atoms. The van der Waals surface area contributed by atoms with Gasteiger partial charge in [0.2, 0.25) is 5.91 Å². The molecule has 1 aliphatic rings. The van der Waals surface area contributed by atoms with Crippen LogP contribution < -0.4 is 14.8 Å². The first-order chi connectivity index (χ1) is 21.8. The molecule has 2 heterocycles. The van der Waals surface area contributed by atoms with E-state index in [1.165, 1.54) is 0 Å². The SMILES string of the molecule is C[C@@H]1CN([C@H](C)CO)C(=O)Cc2cc(NC(=O)c3ccncc3)ccc2O[C@@H]1CN(C)Cc1ccc(Oc2ccccc2)cc1. The Bertz CT molecular complexity index is 1570. The van der Waals surface area contributed by atoms with Gasteiger partial charge in [0.05, 0.1) is 19.1 Å². The van der Waals surface area contributed by atoms with E-state index in [9.17, 15) is 14.7 Å². The van der Waals surface area contributed by atoms with E-state index in [0.717, 1.165) is 17.1 Å². The minimum absolute atomic E-state index is 0.0240. The summed E-state index contributed by atoms with van der Waals surface area (Å²) in [6.07, 6.45) is 2.98. The monoisotopic (exact) mass is 608 g/mol. The van der Waals surface area contributed by atoms with Crippen molar-refractivity contribution in [3.05, 3.63) is 114 Å². The van der Waals surface area contributed by atoms with Gasteiger partial charge in [0.1, 0.15) is 23.4 Å². The summed E-state index contributed by atoms with van der Waals surface area (Å²) >= 11 is 0. The number of carbonyl (C=O) groups excluding carboxylic acids is 2. The molecule has 234 valence electrons. The highest BCUT2D eigenvalue weighted by Crippen LogP contribution is 2.30. The number of anilines is 1. The lowest BCUT2D eigenvalue weighted by Crippen LogP contribution is -2.47. The molecular formula is C36H40N4O5. The zero-order valence-electron chi connectivity index (χ0n) is 25.9. The minimum atomic E-state index is -0.342. The number of aliphatic hydroxyl groups is 1. The predicted molar refractivity (Wildman–Crippen MR) is 173 cm³/mol. The van der Waals surface area contributed by atoms with Crippen LogP contribution in [0.2, 0.25) is 0 Å². The van der Waals surface area contributed by atoms with Crippen LogP contribution in [0.3, 0.4) is 0 Å². The highest BCUT2D eigenvalue weighted by molar-refractivity contribution is 6.04. The Balaban J connectivity index is 1.32. The van der Waals surface area contributed by atoms with E-state index in [4.69, 9.17) is 9.47 Å². The lowest BCUT2D eigenvalue weighted by Gasteiger charge is -2.34. The topological polar surface area (TPSA) is 104 Å². The number of hydrogen-bond donors (Lipinski definition) is 2. The van der Waals surface area contributed by atoms with Crippen molar-refractivity contribution in [3.8, 4) is 17.2 Å². The van der Waals surface area contributed by atoms with Crippen LogP contribution in [0.15, 0.2) is 97.3 Å². The molecule has 3 aromatic carbocycles. The van der Waals surface area contributed by atoms with Crippen molar-refractivity contribution >= 4 is 17.5 Å². The summed E-state index contributed by atoms with van der Waals surface area (Å²) in [4.78, 5) is 34.2. The summed E-state index contributed by atoms with van der Waals surface area (Å²) in [6, 6.07) is 26.1. The summed E-state index contributed by atoms with van der Waals surface area (Å²) < 4.78 is 12.6. The number of likely N-dealkylation sites (N-methyl/N-ethyl adjacent to an activating group) is 1. The summed E-state index contributed by atoms with van der Waals surface area (Å²) in [5.41, 5.74) is 2.86. The molecule has 3 atom stereocenters. The number of fused-ring (bicyclic) bond motifs is 1. The molecule has 0 saturated heterocycles. The number of nitrogens with zero attached hydrogens (tertiary/aromatic N) is 3. The second kappa shape index (κ2) is 14.8. The Morgan fingerprint density at radius 2 is 1.78 bits per heavy atom. The van der Waals surface area contributed by atoms with Crippen LogP contribution in [0, 0.1) is 5.92 Å². The number of rotatable bonds is 10. The van der Waals surface area contributed by atoms with Crippen molar-refractivity contribution in [1.82, 2.24) is 14.8 Å². The molecule has 0 saturated carbocycles. The van der Waals surface area contributed by atoms with E-state index in [0.29, 0.717) is 42.2 Å². The maximum Gasteiger partial charge on any atom is 0.255 e. The van der Waals surface area contributed by atoms with Crippen molar-refractivity contribution in [2.24, 2.45) is 5.92 Å². The van der Waals surface area contributed by atoms with Gasteiger partial charge in [0.15, 0.2) is 0 Å². The quantitative estimate of drug-likeness (QED) is 0.248. The molecular weight excluding hydrogens is 568 g/mol. The highest BCUT2D eigenvalue weighted by Gasteiger charge is 2.31. The van der Waals surface area contributed by atoms with Gasteiger partial charge in [-0.1, -0.05) is 37.3 Å². The smallest absolute Gasteiger partial charge is 0.255 e. The van der Waals surface area contributed by atoms with Crippen molar-refractivity contribution in [1.29, 1.82) is 0 Å². The van der Waals surface area contributed by atoms with Gasteiger partial charge in [-0.2, -0.15) is 0 Å².